The van der Waals surface area contributed by atoms with Crippen LogP contribution in [0.25, 0.3) is 11.1 Å². The molecule has 0 bridgehead atoms. The van der Waals surface area contributed by atoms with Gasteiger partial charge in [0, 0.05) is 50.5 Å². The Morgan fingerprint density at radius 3 is 2.60 bits per heavy atom. The molecular formula is C24H26BrF3N6O6. The smallest absolute Gasteiger partial charge is 0.401 e. The lowest BCUT2D eigenvalue weighted by Crippen LogP contribution is -2.39. The Morgan fingerprint density at radius 2 is 1.95 bits per heavy atom. The molecule has 216 valence electrons. The maximum atomic E-state index is 13.3. The monoisotopic (exact) mass is 630 g/mol. The lowest BCUT2D eigenvalue weighted by molar-refractivity contribution is -0.384. The highest BCUT2D eigenvalue weighted by molar-refractivity contribution is 9.10. The third-order valence-corrected chi connectivity index (χ3v) is 6.22. The number of anilines is 1. The molecule has 0 aliphatic heterocycles. The molecule has 0 atom stereocenters. The maximum absolute atomic E-state index is 13.3. The molecule has 0 aliphatic carbocycles. The third-order valence-electron chi connectivity index (χ3n) is 5.73. The molecule has 16 heteroatoms. The second kappa shape index (κ2) is 13.0. The Kier molecular flexibility index (Phi) is 9.92. The summed E-state index contributed by atoms with van der Waals surface area (Å²) in [5.74, 6) is -0.540. The molecule has 0 spiro atoms. The standard InChI is InChI=1S/C24H26BrF3N6O6/c1-31-13-15(23(36)39-3)10-17(21(31)35)18-12-30-32(2)22(18)40-9-8-33(14-24(26,27)28)7-6-29-19-11-16(25)4-5-20(19)34(37)38/h4-5,10-13,29H,6-9,14H2,1-3H3. The quantitative estimate of drug-likeness (QED) is 0.181. The number of aromatic nitrogens is 3. The van der Waals surface area contributed by atoms with E-state index in [9.17, 15) is 32.9 Å². The van der Waals surface area contributed by atoms with Crippen LogP contribution in [0.3, 0.4) is 0 Å². The highest BCUT2D eigenvalue weighted by Crippen LogP contribution is 2.29. The minimum atomic E-state index is -4.50. The Bertz CT molecular complexity index is 1440. The summed E-state index contributed by atoms with van der Waals surface area (Å²) in [6.45, 7) is -1.71. The average molecular weight is 631 g/mol. The predicted molar refractivity (Wildman–Crippen MR) is 143 cm³/mol. The van der Waals surface area contributed by atoms with Gasteiger partial charge in [-0.1, -0.05) is 15.9 Å². The molecule has 0 unspecified atom stereocenters. The highest BCUT2D eigenvalue weighted by Gasteiger charge is 2.30. The number of alkyl halides is 3. The van der Waals surface area contributed by atoms with Crippen LogP contribution < -0.4 is 15.6 Å². The second-order valence-electron chi connectivity index (χ2n) is 8.62. The lowest BCUT2D eigenvalue weighted by Gasteiger charge is -2.24. The zero-order chi connectivity index (χ0) is 29.6. The summed E-state index contributed by atoms with van der Waals surface area (Å²) in [6.07, 6.45) is -1.82. The summed E-state index contributed by atoms with van der Waals surface area (Å²) < 4.78 is 53.4. The van der Waals surface area contributed by atoms with E-state index in [1.54, 1.807) is 0 Å². The number of nitrogens with one attached hydrogen (secondary N) is 1. The van der Waals surface area contributed by atoms with Gasteiger partial charge in [0.15, 0.2) is 0 Å². The van der Waals surface area contributed by atoms with E-state index in [0.29, 0.717) is 4.47 Å². The number of carbonyl (C=O) groups is 1. The number of methoxy groups -OCH3 is 1. The number of hydrogen-bond acceptors (Lipinski definition) is 9. The van der Waals surface area contributed by atoms with Gasteiger partial charge in [0.05, 0.1) is 41.5 Å². The fourth-order valence-electron chi connectivity index (χ4n) is 3.87. The van der Waals surface area contributed by atoms with E-state index in [0.717, 1.165) is 4.90 Å². The van der Waals surface area contributed by atoms with Gasteiger partial charge < -0.3 is 19.4 Å². The van der Waals surface area contributed by atoms with Gasteiger partial charge >= 0.3 is 12.1 Å². The van der Waals surface area contributed by atoms with Crippen molar-refractivity contribution in [2.45, 2.75) is 6.18 Å². The van der Waals surface area contributed by atoms with Gasteiger partial charge in [0.2, 0.25) is 5.88 Å². The molecule has 0 saturated heterocycles. The van der Waals surface area contributed by atoms with Gasteiger partial charge in [-0.2, -0.15) is 18.3 Å². The van der Waals surface area contributed by atoms with Crippen LogP contribution in [-0.2, 0) is 18.8 Å². The van der Waals surface area contributed by atoms with E-state index in [4.69, 9.17) is 9.47 Å². The topological polar surface area (TPSA) is 134 Å². The van der Waals surface area contributed by atoms with Crippen molar-refractivity contribution in [1.82, 2.24) is 19.2 Å². The first-order valence-electron chi connectivity index (χ1n) is 11.7. The molecule has 1 aromatic carbocycles. The van der Waals surface area contributed by atoms with Crippen LogP contribution in [0.15, 0.2) is 45.9 Å². The largest absolute Gasteiger partial charge is 0.476 e. The van der Waals surface area contributed by atoms with Crippen molar-refractivity contribution in [1.29, 1.82) is 0 Å². The van der Waals surface area contributed by atoms with Crippen LogP contribution in [0.4, 0.5) is 24.5 Å². The van der Waals surface area contributed by atoms with Crippen LogP contribution in [0.1, 0.15) is 10.4 Å². The van der Waals surface area contributed by atoms with Crippen molar-refractivity contribution in [3.63, 3.8) is 0 Å². The minimum Gasteiger partial charge on any atom is -0.476 e. The number of nitro benzene ring substituents is 1. The molecule has 1 N–H and O–H groups in total. The van der Waals surface area contributed by atoms with Crippen molar-refractivity contribution in [3.8, 4) is 17.0 Å². The molecule has 3 aromatic rings. The van der Waals surface area contributed by atoms with E-state index < -0.39 is 29.2 Å². The van der Waals surface area contributed by atoms with Crippen molar-refractivity contribution in [2.75, 3.05) is 45.2 Å². The first kappa shape index (κ1) is 30.6. The van der Waals surface area contributed by atoms with E-state index in [-0.39, 0.29) is 60.2 Å². The van der Waals surface area contributed by atoms with Gasteiger partial charge in [-0.25, -0.2) is 9.48 Å². The number of nitro groups is 1. The fourth-order valence-corrected chi connectivity index (χ4v) is 4.23. The zero-order valence-corrected chi connectivity index (χ0v) is 23.3. The van der Waals surface area contributed by atoms with E-state index in [1.165, 1.54) is 67.1 Å². The number of esters is 1. The summed E-state index contributed by atoms with van der Waals surface area (Å²) in [5, 5.41) is 18.2. The Labute approximate surface area is 234 Å². The SMILES string of the molecule is COC(=O)c1cc(-c2cnn(C)c2OCCN(CCNc2cc(Br)ccc2[N+](=O)[O-])CC(F)(F)F)c(=O)n(C)c1. The van der Waals surface area contributed by atoms with Gasteiger partial charge in [-0.05, 0) is 18.2 Å². The number of aryl methyl sites for hydroxylation is 2. The van der Waals surface area contributed by atoms with Crippen LogP contribution in [0.5, 0.6) is 5.88 Å². The predicted octanol–water partition coefficient (Wildman–Crippen LogP) is 3.60. The summed E-state index contributed by atoms with van der Waals surface area (Å²) in [7, 11) is 4.20. The summed E-state index contributed by atoms with van der Waals surface area (Å²) in [4.78, 5) is 36.6. The Morgan fingerprint density at radius 1 is 1.23 bits per heavy atom. The number of hydrogen-bond donors (Lipinski definition) is 1. The number of nitrogens with zero attached hydrogens (tertiary/aromatic N) is 5. The minimum absolute atomic E-state index is 0.0132. The van der Waals surface area contributed by atoms with Gasteiger partial charge in [0.25, 0.3) is 11.2 Å². The molecule has 0 aliphatic rings. The molecule has 0 saturated carbocycles. The van der Waals surface area contributed by atoms with Gasteiger partial charge in [-0.3, -0.25) is 19.8 Å². The van der Waals surface area contributed by atoms with E-state index >= 15 is 0 Å². The average Bonchev–Trinajstić information content (AvgIpc) is 3.23. The summed E-state index contributed by atoms with van der Waals surface area (Å²) in [6, 6.07) is 5.58. The normalized spacial score (nSPS) is 11.5. The van der Waals surface area contributed by atoms with Crippen molar-refractivity contribution in [2.24, 2.45) is 14.1 Å². The molecule has 0 radical (unpaired) electrons. The van der Waals surface area contributed by atoms with Crippen LogP contribution in [-0.4, -0.2) is 76.2 Å². The molecule has 0 fully saturated rings. The summed E-state index contributed by atoms with van der Waals surface area (Å²) >= 11 is 3.22. The maximum Gasteiger partial charge on any atom is 0.401 e. The number of halogens is 4. The molecular weight excluding hydrogens is 605 g/mol. The third kappa shape index (κ3) is 7.81. The van der Waals surface area contributed by atoms with Crippen molar-refractivity contribution >= 4 is 33.3 Å². The molecule has 0 amide bonds. The van der Waals surface area contributed by atoms with Crippen LogP contribution >= 0.6 is 15.9 Å². The zero-order valence-electron chi connectivity index (χ0n) is 21.7. The summed E-state index contributed by atoms with van der Waals surface area (Å²) in [5.41, 5.74) is -0.0286. The number of pyridine rings is 1. The molecule has 2 aromatic heterocycles. The first-order chi connectivity index (χ1) is 18.8. The van der Waals surface area contributed by atoms with Gasteiger partial charge in [0.1, 0.15) is 12.3 Å². The van der Waals surface area contributed by atoms with Gasteiger partial charge in [-0.15, -0.1) is 0 Å². The second-order valence-corrected chi connectivity index (χ2v) is 9.54. The van der Waals surface area contributed by atoms with Crippen molar-refractivity contribution in [3.05, 3.63) is 67.2 Å². The number of carbonyl (C=O) groups excluding carboxylic acids is 1. The van der Waals surface area contributed by atoms with E-state index in [2.05, 4.69) is 26.3 Å². The highest BCUT2D eigenvalue weighted by atomic mass is 79.9. The molecule has 40 heavy (non-hydrogen) atoms. The fraction of sp³-hybridized carbons (Fsp3) is 0.375. The molecule has 3 rings (SSSR count). The van der Waals surface area contributed by atoms with Crippen molar-refractivity contribution < 1.29 is 32.4 Å². The van der Waals surface area contributed by atoms with Crippen LogP contribution in [0, 0.1) is 10.1 Å². The number of benzene rings is 1. The number of rotatable bonds is 12. The lowest BCUT2D eigenvalue weighted by atomic mass is 10.1. The molecule has 12 nitrogen and oxygen atoms in total. The first-order valence-corrected chi connectivity index (χ1v) is 12.5. The molecule has 2 heterocycles. The Balaban J connectivity index is 1.74. The van der Waals surface area contributed by atoms with E-state index in [1.807, 2.05) is 0 Å². The Hall–Kier alpha value is -3.92. The number of ether oxygens (including phenoxy) is 2. The van der Waals surface area contributed by atoms with Crippen LogP contribution in [0.2, 0.25) is 0 Å².